The third kappa shape index (κ3) is 5.75. The highest BCUT2D eigenvalue weighted by Crippen LogP contribution is 2.30. The van der Waals surface area contributed by atoms with Crippen molar-refractivity contribution in [2.45, 2.75) is 36.0 Å². The van der Waals surface area contributed by atoms with Gasteiger partial charge in [0.2, 0.25) is 19.9 Å². The average Bonchev–Trinajstić information content (AvgIpc) is 3.58. The third-order valence-corrected chi connectivity index (χ3v) is 8.61. The van der Waals surface area contributed by atoms with Crippen molar-refractivity contribution >= 4 is 19.9 Å². The summed E-state index contributed by atoms with van der Waals surface area (Å²) in [5.74, 6) is 2.73. The predicted octanol–water partition coefficient (Wildman–Crippen LogP) is 3.93. The summed E-state index contributed by atoms with van der Waals surface area (Å²) in [6.45, 7) is 1.53. The van der Waals surface area contributed by atoms with Gasteiger partial charge in [-0.2, -0.15) is 4.31 Å². The van der Waals surface area contributed by atoms with E-state index >= 15 is 0 Å². The Morgan fingerprint density at radius 1 is 1.03 bits per heavy atom. The van der Waals surface area contributed by atoms with E-state index in [9.17, 15) is 16.8 Å². The molecule has 3 rings (SSSR count). The largest absolute Gasteiger partial charge is 0.243 e. The number of hydrogen-bond acceptors (Lipinski definition) is 4. The van der Waals surface area contributed by atoms with Gasteiger partial charge in [0.05, 0.1) is 16.3 Å². The summed E-state index contributed by atoms with van der Waals surface area (Å²) in [6, 6.07) is 14.4. The molecule has 0 amide bonds. The quantitative estimate of drug-likeness (QED) is 0.424. The maximum atomic E-state index is 13.3. The van der Waals surface area contributed by atoms with Gasteiger partial charge in [0.25, 0.3) is 0 Å². The van der Waals surface area contributed by atoms with Crippen LogP contribution in [0.4, 0.5) is 0 Å². The Hall–Kier alpha value is -2.62. The van der Waals surface area contributed by atoms with Crippen LogP contribution >= 0.6 is 0 Å². The van der Waals surface area contributed by atoms with E-state index in [1.807, 2.05) is 6.92 Å². The van der Waals surface area contributed by atoms with Gasteiger partial charge in [-0.1, -0.05) is 35.9 Å². The van der Waals surface area contributed by atoms with Crippen LogP contribution in [0.1, 0.15) is 24.8 Å². The summed E-state index contributed by atoms with van der Waals surface area (Å²) >= 11 is 0. The minimum atomic E-state index is -3.95. The first-order valence-electron chi connectivity index (χ1n) is 10.0. The molecule has 0 heterocycles. The van der Waals surface area contributed by atoms with Crippen molar-refractivity contribution in [2.24, 2.45) is 5.92 Å². The molecule has 0 spiro atoms. The molecular weight excluding hydrogens is 430 g/mol. The molecule has 0 bridgehead atoms. The number of sulfone groups is 1. The fourth-order valence-corrected chi connectivity index (χ4v) is 5.76. The third-order valence-electron chi connectivity index (χ3n) is 4.96. The summed E-state index contributed by atoms with van der Waals surface area (Å²) in [5.41, 5.74) is 3.83. The molecule has 0 unspecified atom stereocenters. The van der Waals surface area contributed by atoms with Crippen molar-refractivity contribution in [3.05, 3.63) is 76.9 Å². The van der Waals surface area contributed by atoms with Crippen LogP contribution in [0.3, 0.4) is 0 Å². The van der Waals surface area contributed by atoms with Crippen LogP contribution in [-0.4, -0.2) is 34.2 Å². The zero-order chi connectivity index (χ0) is 22.5. The van der Waals surface area contributed by atoms with E-state index in [4.69, 9.17) is 6.42 Å². The summed E-state index contributed by atoms with van der Waals surface area (Å²) in [4.78, 5) is 0.113. The number of hydrogen-bond donors (Lipinski definition) is 0. The molecule has 1 aliphatic rings. The molecule has 0 saturated heterocycles. The fourth-order valence-electron chi connectivity index (χ4n) is 2.92. The van der Waals surface area contributed by atoms with Crippen molar-refractivity contribution < 1.29 is 16.8 Å². The maximum absolute atomic E-state index is 13.3. The van der Waals surface area contributed by atoms with Gasteiger partial charge in [0.15, 0.2) is 0 Å². The van der Waals surface area contributed by atoms with Gasteiger partial charge in [-0.05, 0) is 56.0 Å². The highest BCUT2D eigenvalue weighted by molar-refractivity contribution is 7.95. The lowest BCUT2D eigenvalue weighted by Crippen LogP contribution is -2.35. The van der Waals surface area contributed by atoms with Crippen LogP contribution in [-0.2, 0) is 19.9 Å². The molecule has 7 heteroatoms. The molecule has 5 nitrogen and oxygen atoms in total. The molecule has 0 N–H and O–H groups in total. The van der Waals surface area contributed by atoms with Gasteiger partial charge in [-0.3, -0.25) is 0 Å². The van der Waals surface area contributed by atoms with Crippen molar-refractivity contribution in [2.75, 3.05) is 13.1 Å². The molecule has 1 saturated carbocycles. The van der Waals surface area contributed by atoms with Gasteiger partial charge < -0.3 is 0 Å². The molecular formula is C24H25NO4S2. The van der Waals surface area contributed by atoms with E-state index in [-0.39, 0.29) is 40.1 Å². The van der Waals surface area contributed by atoms with Crippen LogP contribution in [0, 0.1) is 25.2 Å². The van der Waals surface area contributed by atoms with E-state index in [2.05, 4.69) is 11.7 Å². The molecule has 31 heavy (non-hydrogen) atoms. The maximum Gasteiger partial charge on any atom is 0.243 e. The fraction of sp³-hybridized carbons (Fsp3) is 0.292. The van der Waals surface area contributed by atoms with Crippen molar-refractivity contribution in [3.63, 3.8) is 0 Å². The molecule has 0 aromatic heterocycles. The first kappa shape index (κ1) is 23.1. The number of nitrogens with zero attached hydrogens (tertiary/aromatic N) is 1. The van der Waals surface area contributed by atoms with Crippen LogP contribution in [0.15, 0.2) is 81.1 Å². The smallest absolute Gasteiger partial charge is 0.218 e. The molecule has 1 aliphatic carbocycles. The first-order chi connectivity index (χ1) is 14.7. The van der Waals surface area contributed by atoms with Gasteiger partial charge >= 0.3 is 0 Å². The second-order valence-corrected chi connectivity index (χ2v) is 11.4. The van der Waals surface area contributed by atoms with Gasteiger partial charge in [-0.25, -0.2) is 16.8 Å². The lowest BCUT2D eigenvalue weighted by Gasteiger charge is -2.22. The van der Waals surface area contributed by atoms with Crippen molar-refractivity contribution in [1.29, 1.82) is 0 Å². The Morgan fingerprint density at radius 2 is 1.68 bits per heavy atom. The second kappa shape index (κ2) is 9.67. The Bertz CT molecular complexity index is 1230. The van der Waals surface area contributed by atoms with Crippen LogP contribution in [0.2, 0.25) is 0 Å². The number of aryl methyl sites for hydroxylation is 1. The summed E-state index contributed by atoms with van der Waals surface area (Å²) < 4.78 is 54.3. The zero-order valence-electron chi connectivity index (χ0n) is 17.4. The average molecular weight is 456 g/mol. The van der Waals surface area contributed by atoms with E-state index in [0.29, 0.717) is 0 Å². The second-order valence-electron chi connectivity index (χ2n) is 7.49. The standard InChI is InChI=1S/C24H25NO4S2/c1-3-4-18-25(31(28,29)23-15-10-20(2)11-16-23)19-24(17-14-21-12-13-21)30(26,27)22-8-6-5-7-9-22/h1,5-11,14-16,21H,4,12-13,18-19H2,2H3. The molecule has 0 radical (unpaired) electrons. The minimum Gasteiger partial charge on any atom is -0.218 e. The Labute approximate surface area is 185 Å². The normalized spacial score (nSPS) is 14.0. The Morgan fingerprint density at radius 3 is 2.26 bits per heavy atom. The number of terminal acetylenes is 1. The molecule has 1 fully saturated rings. The Balaban J connectivity index is 2.04. The highest BCUT2D eigenvalue weighted by atomic mass is 32.2. The lowest BCUT2D eigenvalue weighted by molar-refractivity contribution is 0.446. The minimum absolute atomic E-state index is 0.00558. The predicted molar refractivity (Wildman–Crippen MR) is 121 cm³/mol. The van der Waals surface area contributed by atoms with Crippen LogP contribution < -0.4 is 0 Å². The van der Waals surface area contributed by atoms with Crippen LogP contribution in [0.25, 0.3) is 0 Å². The van der Waals surface area contributed by atoms with E-state index in [1.54, 1.807) is 36.4 Å². The van der Waals surface area contributed by atoms with Crippen LogP contribution in [0.5, 0.6) is 0 Å². The summed E-state index contributed by atoms with van der Waals surface area (Å²) in [6.07, 6.45) is 9.23. The van der Waals surface area contributed by atoms with E-state index in [0.717, 1.165) is 22.7 Å². The first-order valence-corrected chi connectivity index (χ1v) is 12.9. The lowest BCUT2D eigenvalue weighted by atomic mass is 10.2. The Kier molecular flexibility index (Phi) is 7.19. The van der Waals surface area contributed by atoms with Crippen molar-refractivity contribution in [3.8, 4) is 12.3 Å². The molecule has 2 aromatic carbocycles. The zero-order valence-corrected chi connectivity index (χ0v) is 19.0. The molecule has 2 aromatic rings. The number of rotatable bonds is 9. The number of sulfonamides is 1. The monoisotopic (exact) mass is 455 g/mol. The van der Waals surface area contributed by atoms with Gasteiger partial charge in [-0.15, -0.1) is 18.1 Å². The van der Waals surface area contributed by atoms with E-state index < -0.39 is 19.9 Å². The van der Waals surface area contributed by atoms with Gasteiger partial charge in [0, 0.05) is 13.0 Å². The molecule has 0 atom stereocenters. The van der Waals surface area contributed by atoms with E-state index in [1.165, 1.54) is 24.3 Å². The highest BCUT2D eigenvalue weighted by Gasteiger charge is 2.30. The molecule has 162 valence electrons. The topological polar surface area (TPSA) is 71.5 Å². The SMILES string of the molecule is C#CCCN(CC(=C=CC1CC1)S(=O)(=O)c1ccccc1)S(=O)(=O)c1ccc(C)cc1. The number of benzene rings is 2. The summed E-state index contributed by atoms with van der Waals surface area (Å²) in [5, 5.41) is 0. The van der Waals surface area contributed by atoms with Gasteiger partial charge in [0.1, 0.15) is 4.91 Å². The van der Waals surface area contributed by atoms with Crippen molar-refractivity contribution in [1.82, 2.24) is 4.31 Å². The summed E-state index contributed by atoms with van der Waals surface area (Å²) in [7, 11) is -7.87. The molecule has 0 aliphatic heterocycles.